The van der Waals surface area contributed by atoms with E-state index < -0.39 is 6.10 Å². The molecule has 1 N–H and O–H groups in total. The lowest BCUT2D eigenvalue weighted by molar-refractivity contribution is -0.132. The highest BCUT2D eigenvalue weighted by Crippen LogP contribution is 2.39. The van der Waals surface area contributed by atoms with Crippen molar-refractivity contribution in [3.05, 3.63) is 46.5 Å². The van der Waals surface area contributed by atoms with Gasteiger partial charge in [-0.05, 0) is 43.9 Å². The second-order valence-corrected chi connectivity index (χ2v) is 7.17. The molecule has 25 heavy (non-hydrogen) atoms. The number of amides is 1. The lowest BCUT2D eigenvalue weighted by Gasteiger charge is -2.38. The first-order valence-corrected chi connectivity index (χ1v) is 9.27. The number of carbonyl (C=O) groups is 1. The Labute approximate surface area is 159 Å². The van der Waals surface area contributed by atoms with E-state index in [2.05, 4.69) is 11.9 Å². The van der Waals surface area contributed by atoms with Gasteiger partial charge in [0, 0.05) is 35.2 Å². The number of carbonyl (C=O) groups excluding carboxylic acids is 1. The molecular weight excluding hydrogens is 361 g/mol. The zero-order valence-electron chi connectivity index (χ0n) is 14.5. The van der Waals surface area contributed by atoms with Crippen LogP contribution in [0.2, 0.25) is 10.0 Å². The van der Waals surface area contributed by atoms with Crippen molar-refractivity contribution in [1.82, 2.24) is 5.32 Å². The molecule has 1 aliphatic rings. The van der Waals surface area contributed by atoms with Crippen LogP contribution in [0.25, 0.3) is 0 Å². The van der Waals surface area contributed by atoms with Crippen molar-refractivity contribution >= 4 is 29.1 Å². The molecule has 2 rings (SSSR count). The fraction of sp³-hybridized carbons (Fsp3) is 0.526. The Balaban J connectivity index is 2.07. The van der Waals surface area contributed by atoms with Crippen molar-refractivity contribution in [2.24, 2.45) is 0 Å². The molecule has 138 valence electrons. The molecule has 0 spiro atoms. The number of ether oxygens (including phenoxy) is 2. The monoisotopic (exact) mass is 385 g/mol. The van der Waals surface area contributed by atoms with Gasteiger partial charge in [0.2, 0.25) is 5.91 Å². The second kappa shape index (κ2) is 9.58. The molecule has 0 saturated carbocycles. The first kappa shape index (κ1) is 20.2. The van der Waals surface area contributed by atoms with Gasteiger partial charge in [0.25, 0.3) is 0 Å². The SMILES string of the molecule is C=CCCOC(C)C(=O)NCC1(c2ccc(Cl)cc2Cl)CCOCC1. The Morgan fingerprint density at radius 1 is 1.44 bits per heavy atom. The molecule has 1 unspecified atom stereocenters. The van der Waals surface area contributed by atoms with Crippen LogP contribution in [0.5, 0.6) is 0 Å². The third-order valence-electron chi connectivity index (χ3n) is 4.61. The highest BCUT2D eigenvalue weighted by Gasteiger charge is 2.36. The number of hydrogen-bond donors (Lipinski definition) is 1. The fourth-order valence-corrected chi connectivity index (χ4v) is 3.64. The van der Waals surface area contributed by atoms with Crippen LogP contribution in [-0.4, -0.2) is 38.4 Å². The highest BCUT2D eigenvalue weighted by atomic mass is 35.5. The highest BCUT2D eigenvalue weighted by molar-refractivity contribution is 6.35. The molecule has 1 saturated heterocycles. The molecule has 0 aliphatic carbocycles. The standard InChI is InChI=1S/C19H25Cl2NO3/c1-3-4-9-25-14(2)18(23)22-13-19(7-10-24-11-8-19)16-6-5-15(20)12-17(16)21/h3,5-6,12,14H,1,4,7-11,13H2,2H3,(H,22,23). The maximum absolute atomic E-state index is 12.3. The van der Waals surface area contributed by atoms with E-state index in [9.17, 15) is 4.79 Å². The predicted octanol–water partition coefficient (Wildman–Crippen LogP) is 4.14. The van der Waals surface area contributed by atoms with Crippen LogP contribution in [0.1, 0.15) is 31.7 Å². The summed E-state index contributed by atoms with van der Waals surface area (Å²) in [5.41, 5.74) is 0.749. The summed E-state index contributed by atoms with van der Waals surface area (Å²) in [4.78, 5) is 12.3. The van der Waals surface area contributed by atoms with Gasteiger partial charge in [-0.25, -0.2) is 0 Å². The lowest BCUT2D eigenvalue weighted by Crippen LogP contribution is -2.47. The van der Waals surface area contributed by atoms with Crippen molar-refractivity contribution in [2.45, 2.75) is 37.7 Å². The quantitative estimate of drug-likeness (QED) is 0.540. The fourth-order valence-electron chi connectivity index (χ4n) is 3.03. The van der Waals surface area contributed by atoms with E-state index in [0.717, 1.165) is 24.8 Å². The number of benzene rings is 1. The van der Waals surface area contributed by atoms with Crippen LogP contribution in [0.3, 0.4) is 0 Å². The van der Waals surface area contributed by atoms with Gasteiger partial charge in [-0.2, -0.15) is 0 Å². The van der Waals surface area contributed by atoms with E-state index in [4.69, 9.17) is 32.7 Å². The van der Waals surface area contributed by atoms with E-state index in [1.54, 1.807) is 19.1 Å². The second-order valence-electron chi connectivity index (χ2n) is 6.33. The molecule has 1 aliphatic heterocycles. The summed E-state index contributed by atoms with van der Waals surface area (Å²) in [5, 5.41) is 4.25. The van der Waals surface area contributed by atoms with E-state index in [1.165, 1.54) is 0 Å². The average Bonchev–Trinajstić information content (AvgIpc) is 2.60. The number of rotatable bonds is 8. The average molecular weight is 386 g/mol. The van der Waals surface area contributed by atoms with Gasteiger partial charge >= 0.3 is 0 Å². The van der Waals surface area contributed by atoms with Gasteiger partial charge in [-0.3, -0.25) is 4.79 Å². The Morgan fingerprint density at radius 2 is 2.16 bits per heavy atom. The summed E-state index contributed by atoms with van der Waals surface area (Å²) in [5.74, 6) is -0.125. The van der Waals surface area contributed by atoms with Crippen molar-refractivity contribution in [1.29, 1.82) is 0 Å². The van der Waals surface area contributed by atoms with E-state index >= 15 is 0 Å². The summed E-state index contributed by atoms with van der Waals surface area (Å²) >= 11 is 12.5. The third-order valence-corrected chi connectivity index (χ3v) is 5.16. The molecule has 1 fully saturated rings. The molecule has 0 aromatic heterocycles. The first-order chi connectivity index (χ1) is 12.0. The van der Waals surface area contributed by atoms with Gasteiger partial charge in [0.1, 0.15) is 6.10 Å². The summed E-state index contributed by atoms with van der Waals surface area (Å²) in [6.45, 7) is 7.65. The molecule has 1 heterocycles. The summed E-state index contributed by atoms with van der Waals surface area (Å²) in [6, 6.07) is 5.54. The van der Waals surface area contributed by atoms with Crippen molar-refractivity contribution in [3.8, 4) is 0 Å². The van der Waals surface area contributed by atoms with Gasteiger partial charge in [0.15, 0.2) is 0 Å². The van der Waals surface area contributed by atoms with Crippen molar-refractivity contribution in [2.75, 3.05) is 26.4 Å². The van der Waals surface area contributed by atoms with E-state index in [1.807, 2.05) is 12.1 Å². The van der Waals surface area contributed by atoms with Gasteiger partial charge in [-0.1, -0.05) is 35.3 Å². The molecular formula is C19H25Cl2NO3. The molecule has 0 radical (unpaired) electrons. The molecule has 6 heteroatoms. The minimum Gasteiger partial charge on any atom is -0.381 e. The summed E-state index contributed by atoms with van der Waals surface area (Å²) in [7, 11) is 0. The topological polar surface area (TPSA) is 47.6 Å². The third kappa shape index (κ3) is 5.45. The Hall–Kier alpha value is -1.07. The predicted molar refractivity (Wildman–Crippen MR) is 101 cm³/mol. The van der Waals surface area contributed by atoms with Crippen molar-refractivity contribution in [3.63, 3.8) is 0 Å². The van der Waals surface area contributed by atoms with Crippen LogP contribution < -0.4 is 5.32 Å². The Bertz CT molecular complexity index is 600. The molecule has 1 amide bonds. The summed E-state index contributed by atoms with van der Waals surface area (Å²) < 4.78 is 11.0. The largest absolute Gasteiger partial charge is 0.381 e. The summed E-state index contributed by atoms with van der Waals surface area (Å²) in [6.07, 6.45) is 3.57. The van der Waals surface area contributed by atoms with Crippen LogP contribution in [0, 0.1) is 0 Å². The minimum absolute atomic E-state index is 0.125. The lowest BCUT2D eigenvalue weighted by atomic mass is 9.74. The van der Waals surface area contributed by atoms with Crippen LogP contribution >= 0.6 is 23.2 Å². The first-order valence-electron chi connectivity index (χ1n) is 8.52. The van der Waals surface area contributed by atoms with Crippen LogP contribution in [-0.2, 0) is 19.7 Å². The molecule has 1 aromatic carbocycles. The van der Waals surface area contributed by atoms with Crippen LogP contribution in [0.15, 0.2) is 30.9 Å². The van der Waals surface area contributed by atoms with Gasteiger partial charge in [0.05, 0.1) is 6.61 Å². The molecule has 1 atom stereocenters. The number of hydrogen-bond acceptors (Lipinski definition) is 3. The maximum atomic E-state index is 12.3. The smallest absolute Gasteiger partial charge is 0.248 e. The molecule has 1 aromatic rings. The van der Waals surface area contributed by atoms with Crippen molar-refractivity contribution < 1.29 is 14.3 Å². The number of halogens is 2. The van der Waals surface area contributed by atoms with Crippen LogP contribution in [0.4, 0.5) is 0 Å². The molecule has 0 bridgehead atoms. The normalized spacial score (nSPS) is 17.7. The van der Waals surface area contributed by atoms with Gasteiger partial charge in [-0.15, -0.1) is 6.58 Å². The Kier molecular flexibility index (Phi) is 7.76. The van der Waals surface area contributed by atoms with E-state index in [-0.39, 0.29) is 11.3 Å². The zero-order valence-corrected chi connectivity index (χ0v) is 16.0. The molecule has 4 nitrogen and oxygen atoms in total. The number of nitrogens with one attached hydrogen (secondary N) is 1. The zero-order chi connectivity index (χ0) is 18.3. The van der Waals surface area contributed by atoms with Gasteiger partial charge < -0.3 is 14.8 Å². The maximum Gasteiger partial charge on any atom is 0.248 e. The minimum atomic E-state index is -0.502. The van der Waals surface area contributed by atoms with E-state index in [0.29, 0.717) is 36.4 Å². The Morgan fingerprint density at radius 3 is 2.80 bits per heavy atom.